The van der Waals surface area contributed by atoms with Crippen LogP contribution in [0.1, 0.15) is 17.3 Å². The van der Waals surface area contributed by atoms with Crippen LogP contribution in [0.25, 0.3) is 0 Å². The van der Waals surface area contributed by atoms with Gasteiger partial charge in [0.15, 0.2) is 0 Å². The van der Waals surface area contributed by atoms with E-state index >= 15 is 0 Å². The van der Waals surface area contributed by atoms with Crippen molar-refractivity contribution in [1.29, 1.82) is 0 Å². The molecule has 1 unspecified atom stereocenters. The molecular weight excluding hydrogens is 291 g/mol. The predicted octanol–water partition coefficient (Wildman–Crippen LogP) is 0.811. The van der Waals surface area contributed by atoms with Gasteiger partial charge in [0.25, 0.3) is 5.91 Å². The molecule has 0 saturated carbocycles. The minimum Gasteiger partial charge on any atom is -0.496 e. The molecule has 2 amide bonds. The molecule has 1 saturated heterocycles. The molecule has 1 aromatic carbocycles. The maximum Gasteiger partial charge on any atom is 0.255 e. The molecule has 1 aromatic rings. The third-order valence-electron chi connectivity index (χ3n) is 3.48. The Labute approximate surface area is 128 Å². The zero-order valence-corrected chi connectivity index (χ0v) is 12.6. The fraction of sp³-hybridized carbons (Fsp3) is 0.467. The number of hydrogen-bond donors (Lipinski definition) is 1. The number of methoxy groups -OCH3 is 1. The minimum atomic E-state index is -0.511. The Hall–Kier alpha value is -2.15. The highest BCUT2D eigenvalue weighted by Crippen LogP contribution is 2.19. The highest BCUT2D eigenvalue weighted by Gasteiger charge is 2.23. The minimum absolute atomic E-state index is 0.0218. The number of nitrogens with one attached hydrogen (secondary N) is 1. The van der Waals surface area contributed by atoms with Gasteiger partial charge in [-0.2, -0.15) is 0 Å². The van der Waals surface area contributed by atoms with Crippen LogP contribution < -0.4 is 10.1 Å². The molecule has 1 atom stereocenters. The Morgan fingerprint density at radius 2 is 2.27 bits per heavy atom. The van der Waals surface area contributed by atoms with Crippen LogP contribution in [0.5, 0.6) is 5.75 Å². The summed E-state index contributed by atoms with van der Waals surface area (Å²) in [7, 11) is 1.42. The van der Waals surface area contributed by atoms with E-state index in [-0.39, 0.29) is 24.1 Å². The van der Waals surface area contributed by atoms with Crippen molar-refractivity contribution in [2.24, 2.45) is 0 Å². The lowest BCUT2D eigenvalue weighted by Gasteiger charge is -2.32. The number of benzene rings is 1. The van der Waals surface area contributed by atoms with E-state index in [1.165, 1.54) is 26.2 Å². The lowest BCUT2D eigenvalue weighted by molar-refractivity contribution is -0.136. The maximum atomic E-state index is 13.3. The fourth-order valence-corrected chi connectivity index (χ4v) is 2.29. The van der Waals surface area contributed by atoms with Crippen molar-refractivity contribution in [2.75, 3.05) is 33.4 Å². The molecule has 7 heteroatoms. The second-order valence-electron chi connectivity index (χ2n) is 5.01. The summed E-state index contributed by atoms with van der Waals surface area (Å²) in [4.78, 5) is 25.2. The highest BCUT2D eigenvalue weighted by atomic mass is 19.1. The van der Waals surface area contributed by atoms with Crippen molar-refractivity contribution >= 4 is 11.8 Å². The van der Waals surface area contributed by atoms with Crippen molar-refractivity contribution < 1.29 is 23.5 Å². The Kier molecular flexibility index (Phi) is 5.32. The zero-order chi connectivity index (χ0) is 16.1. The average molecular weight is 310 g/mol. The van der Waals surface area contributed by atoms with E-state index in [4.69, 9.17) is 9.47 Å². The van der Waals surface area contributed by atoms with Crippen LogP contribution in [-0.4, -0.2) is 56.2 Å². The van der Waals surface area contributed by atoms with Crippen LogP contribution in [0.15, 0.2) is 18.2 Å². The predicted molar refractivity (Wildman–Crippen MR) is 77.3 cm³/mol. The molecule has 1 N–H and O–H groups in total. The van der Waals surface area contributed by atoms with Crippen LogP contribution >= 0.6 is 0 Å². The summed E-state index contributed by atoms with van der Waals surface area (Å²) in [5.41, 5.74) is 0.127. The van der Waals surface area contributed by atoms with Crippen molar-refractivity contribution in [3.63, 3.8) is 0 Å². The van der Waals surface area contributed by atoms with Gasteiger partial charge in [-0.15, -0.1) is 0 Å². The Morgan fingerprint density at radius 1 is 1.50 bits per heavy atom. The van der Waals surface area contributed by atoms with Gasteiger partial charge in [0, 0.05) is 26.6 Å². The van der Waals surface area contributed by atoms with Crippen molar-refractivity contribution in [2.45, 2.75) is 13.0 Å². The van der Waals surface area contributed by atoms with E-state index in [1.54, 1.807) is 4.90 Å². The topological polar surface area (TPSA) is 67.9 Å². The number of rotatable bonds is 4. The maximum absolute atomic E-state index is 13.3. The molecule has 1 aliphatic rings. The second kappa shape index (κ2) is 7.22. The summed E-state index contributed by atoms with van der Waals surface area (Å²) < 4.78 is 23.8. The first-order chi connectivity index (χ1) is 10.5. The SMILES string of the molecule is COc1ccc(F)cc1C(=O)NCC1CN(C(C)=O)CCO1. The molecule has 0 spiro atoms. The first-order valence-corrected chi connectivity index (χ1v) is 7.00. The third-order valence-corrected chi connectivity index (χ3v) is 3.48. The third kappa shape index (κ3) is 3.94. The van der Waals surface area contributed by atoms with Crippen LogP contribution in [0.2, 0.25) is 0 Å². The molecule has 1 heterocycles. The number of ether oxygens (including phenoxy) is 2. The van der Waals surface area contributed by atoms with Crippen molar-refractivity contribution in [3.8, 4) is 5.75 Å². The summed E-state index contributed by atoms with van der Waals surface area (Å²) in [6.07, 6.45) is -0.277. The lowest BCUT2D eigenvalue weighted by atomic mass is 10.1. The van der Waals surface area contributed by atoms with Gasteiger partial charge >= 0.3 is 0 Å². The van der Waals surface area contributed by atoms with Crippen LogP contribution in [-0.2, 0) is 9.53 Å². The molecule has 22 heavy (non-hydrogen) atoms. The van der Waals surface area contributed by atoms with Gasteiger partial charge in [0.05, 0.1) is 25.4 Å². The van der Waals surface area contributed by atoms with Crippen LogP contribution in [0.3, 0.4) is 0 Å². The molecule has 1 fully saturated rings. The van der Waals surface area contributed by atoms with E-state index < -0.39 is 11.7 Å². The van der Waals surface area contributed by atoms with E-state index in [0.717, 1.165) is 6.07 Å². The normalized spacial score (nSPS) is 18.0. The van der Waals surface area contributed by atoms with Crippen molar-refractivity contribution in [1.82, 2.24) is 10.2 Å². The zero-order valence-electron chi connectivity index (χ0n) is 12.6. The molecule has 0 aromatic heterocycles. The highest BCUT2D eigenvalue weighted by molar-refractivity contribution is 5.96. The molecule has 0 bridgehead atoms. The number of morpholine rings is 1. The van der Waals surface area contributed by atoms with Crippen LogP contribution in [0.4, 0.5) is 4.39 Å². The van der Waals surface area contributed by atoms with Gasteiger partial charge < -0.3 is 19.7 Å². The number of carbonyl (C=O) groups is 2. The second-order valence-corrected chi connectivity index (χ2v) is 5.01. The first kappa shape index (κ1) is 16.2. The molecule has 0 radical (unpaired) electrons. The van der Waals surface area contributed by atoms with Gasteiger partial charge in [-0.05, 0) is 18.2 Å². The van der Waals surface area contributed by atoms with E-state index in [0.29, 0.717) is 25.4 Å². The molecular formula is C15H19FN2O4. The van der Waals surface area contributed by atoms with Crippen molar-refractivity contribution in [3.05, 3.63) is 29.6 Å². The van der Waals surface area contributed by atoms with Gasteiger partial charge in [-0.3, -0.25) is 9.59 Å². The molecule has 120 valence electrons. The fourth-order valence-electron chi connectivity index (χ4n) is 2.29. The van der Waals surface area contributed by atoms with Gasteiger partial charge in [0.1, 0.15) is 11.6 Å². The lowest BCUT2D eigenvalue weighted by Crippen LogP contribution is -2.49. The summed E-state index contributed by atoms with van der Waals surface area (Å²) in [6.45, 7) is 3.15. The molecule has 6 nitrogen and oxygen atoms in total. The summed E-state index contributed by atoms with van der Waals surface area (Å²) in [5.74, 6) is -0.678. The van der Waals surface area contributed by atoms with Gasteiger partial charge in [0.2, 0.25) is 5.91 Å². The Bertz CT molecular complexity index is 564. The summed E-state index contributed by atoms with van der Waals surface area (Å²) in [5, 5.41) is 2.68. The van der Waals surface area contributed by atoms with Gasteiger partial charge in [-0.1, -0.05) is 0 Å². The number of carbonyl (C=O) groups excluding carboxylic acids is 2. The molecule has 2 rings (SSSR count). The van der Waals surface area contributed by atoms with E-state index in [1.807, 2.05) is 0 Å². The van der Waals surface area contributed by atoms with Gasteiger partial charge in [-0.25, -0.2) is 4.39 Å². The monoisotopic (exact) mass is 310 g/mol. The molecule has 1 aliphatic heterocycles. The Morgan fingerprint density at radius 3 is 2.95 bits per heavy atom. The quantitative estimate of drug-likeness (QED) is 0.894. The van der Waals surface area contributed by atoms with E-state index in [9.17, 15) is 14.0 Å². The first-order valence-electron chi connectivity index (χ1n) is 7.00. The molecule has 0 aliphatic carbocycles. The number of halogens is 1. The average Bonchev–Trinajstić information content (AvgIpc) is 2.52. The van der Waals surface area contributed by atoms with E-state index in [2.05, 4.69) is 5.32 Å². The number of nitrogens with zero attached hydrogens (tertiary/aromatic N) is 1. The standard InChI is InChI=1S/C15H19FN2O4/c1-10(19)18-5-6-22-12(9-18)8-17-15(20)13-7-11(16)3-4-14(13)21-2/h3-4,7,12H,5-6,8-9H2,1-2H3,(H,17,20). The number of hydrogen-bond acceptors (Lipinski definition) is 4. The summed E-state index contributed by atoms with van der Waals surface area (Å²) in [6, 6.07) is 3.75. The Balaban J connectivity index is 1.95. The smallest absolute Gasteiger partial charge is 0.255 e. The largest absolute Gasteiger partial charge is 0.496 e. The number of amides is 2. The van der Waals surface area contributed by atoms with Crippen LogP contribution in [0, 0.1) is 5.82 Å². The summed E-state index contributed by atoms with van der Waals surface area (Å²) >= 11 is 0.